The van der Waals surface area contributed by atoms with E-state index in [2.05, 4.69) is 0 Å². The van der Waals surface area contributed by atoms with E-state index in [9.17, 15) is 13.2 Å². The zero-order chi connectivity index (χ0) is 10.3. The van der Waals surface area contributed by atoms with Crippen molar-refractivity contribution in [3.8, 4) is 0 Å². The molecule has 0 fully saturated rings. The van der Waals surface area contributed by atoms with Crippen molar-refractivity contribution in [3.63, 3.8) is 0 Å². The van der Waals surface area contributed by atoms with Crippen molar-refractivity contribution in [1.29, 1.82) is 0 Å². The highest BCUT2D eigenvalue weighted by molar-refractivity contribution is 7.17. The Bertz CT molecular complexity index is 478. The molecule has 0 aliphatic rings. The highest BCUT2D eigenvalue weighted by Crippen LogP contribution is 2.38. The van der Waals surface area contributed by atoms with Crippen LogP contribution in [-0.2, 0) is 0 Å². The monoisotopic (exact) mass is 236 g/mol. The van der Waals surface area contributed by atoms with Gasteiger partial charge >= 0.3 is 0 Å². The summed E-state index contributed by atoms with van der Waals surface area (Å²) in [5, 5.41) is 1.54. The van der Waals surface area contributed by atoms with Crippen molar-refractivity contribution in [2.24, 2.45) is 0 Å². The topological polar surface area (TPSA) is 0 Å². The second kappa shape index (κ2) is 3.44. The molecule has 1 aromatic carbocycles. The van der Waals surface area contributed by atoms with Gasteiger partial charge in [0.05, 0.1) is 4.70 Å². The number of fused-ring (bicyclic) bond motifs is 1. The number of benzene rings is 1. The first kappa shape index (κ1) is 9.80. The van der Waals surface area contributed by atoms with Crippen molar-refractivity contribution in [1.82, 2.24) is 0 Å². The molecule has 0 saturated heterocycles. The van der Waals surface area contributed by atoms with Crippen LogP contribution in [0.15, 0.2) is 17.5 Å². The summed E-state index contributed by atoms with van der Waals surface area (Å²) in [6.07, 6.45) is -2.62. The maximum atomic E-state index is 13.1. The Kier molecular flexibility index (Phi) is 2.41. The molecule has 0 spiro atoms. The Balaban J connectivity index is 2.84. The SMILES string of the molecule is Fc1ccc(Cl)c2c(C(F)F)csc12. The lowest BCUT2D eigenvalue weighted by atomic mass is 10.2. The lowest BCUT2D eigenvalue weighted by molar-refractivity contribution is 0.153. The van der Waals surface area contributed by atoms with Crippen LogP contribution < -0.4 is 0 Å². The molecule has 1 heterocycles. The van der Waals surface area contributed by atoms with Gasteiger partial charge in [-0.25, -0.2) is 13.2 Å². The molecule has 0 unspecified atom stereocenters. The van der Waals surface area contributed by atoms with Gasteiger partial charge in [-0.1, -0.05) is 11.6 Å². The summed E-state index contributed by atoms with van der Waals surface area (Å²) in [6.45, 7) is 0. The lowest BCUT2D eigenvalue weighted by Crippen LogP contribution is -1.82. The van der Waals surface area contributed by atoms with E-state index < -0.39 is 12.2 Å². The predicted molar refractivity (Wildman–Crippen MR) is 51.8 cm³/mol. The average Bonchev–Trinajstić information content (AvgIpc) is 2.56. The fraction of sp³-hybridized carbons (Fsp3) is 0.111. The Morgan fingerprint density at radius 3 is 2.64 bits per heavy atom. The molecule has 5 heteroatoms. The number of halogens is 4. The maximum absolute atomic E-state index is 13.1. The molecule has 0 aliphatic carbocycles. The molecule has 0 radical (unpaired) electrons. The predicted octanol–water partition coefficient (Wildman–Crippen LogP) is 4.63. The first-order valence-electron chi connectivity index (χ1n) is 3.74. The molecule has 0 amide bonds. The Morgan fingerprint density at radius 1 is 1.29 bits per heavy atom. The molecular weight excluding hydrogens is 233 g/mol. The van der Waals surface area contributed by atoms with Crippen LogP contribution in [0.5, 0.6) is 0 Å². The molecule has 0 aliphatic heterocycles. The van der Waals surface area contributed by atoms with Crippen LogP contribution in [0.3, 0.4) is 0 Å². The van der Waals surface area contributed by atoms with Crippen molar-refractivity contribution in [2.45, 2.75) is 6.43 Å². The first-order valence-corrected chi connectivity index (χ1v) is 5.00. The Labute approximate surface area is 86.9 Å². The standard InChI is InChI=1S/C9H4ClF3S/c10-5-1-2-6(11)8-7(5)4(3-14-8)9(12)13/h1-3,9H. The third-order valence-electron chi connectivity index (χ3n) is 1.89. The summed E-state index contributed by atoms with van der Waals surface area (Å²) in [4.78, 5) is 0. The fourth-order valence-electron chi connectivity index (χ4n) is 1.26. The minimum Gasteiger partial charge on any atom is -0.205 e. The van der Waals surface area contributed by atoms with Crippen molar-refractivity contribution < 1.29 is 13.2 Å². The minimum atomic E-state index is -2.62. The highest BCUT2D eigenvalue weighted by Gasteiger charge is 2.17. The zero-order valence-electron chi connectivity index (χ0n) is 6.73. The molecule has 0 nitrogen and oxygen atoms in total. The quantitative estimate of drug-likeness (QED) is 0.677. The third kappa shape index (κ3) is 1.38. The van der Waals surface area contributed by atoms with Crippen LogP contribution in [0.4, 0.5) is 13.2 Å². The second-order valence-corrected chi connectivity index (χ2v) is 4.01. The lowest BCUT2D eigenvalue weighted by Gasteiger charge is -1.99. The van der Waals surface area contributed by atoms with E-state index in [-0.39, 0.29) is 20.7 Å². The zero-order valence-corrected chi connectivity index (χ0v) is 8.30. The summed E-state index contributed by atoms with van der Waals surface area (Å²) in [6, 6.07) is 2.47. The molecule has 2 aromatic rings. The van der Waals surface area contributed by atoms with Crippen LogP contribution in [0.2, 0.25) is 5.02 Å². The summed E-state index contributed by atoms with van der Waals surface area (Å²) >= 11 is 6.67. The van der Waals surface area contributed by atoms with E-state index >= 15 is 0 Å². The van der Waals surface area contributed by atoms with Gasteiger partial charge in [0.2, 0.25) is 0 Å². The summed E-state index contributed by atoms with van der Waals surface area (Å²) < 4.78 is 38.3. The van der Waals surface area contributed by atoms with Crippen LogP contribution in [0.25, 0.3) is 10.1 Å². The largest absolute Gasteiger partial charge is 0.265 e. The summed E-state index contributed by atoms with van der Waals surface area (Å²) in [5.74, 6) is -0.513. The molecule has 74 valence electrons. The van der Waals surface area contributed by atoms with E-state index in [1.807, 2.05) is 0 Å². The van der Waals surface area contributed by atoms with Crippen LogP contribution >= 0.6 is 22.9 Å². The number of hydrogen-bond donors (Lipinski definition) is 0. The van der Waals surface area contributed by atoms with Gasteiger partial charge < -0.3 is 0 Å². The first-order chi connectivity index (χ1) is 6.61. The van der Waals surface area contributed by atoms with Crippen LogP contribution in [0, 0.1) is 5.82 Å². The van der Waals surface area contributed by atoms with Crippen molar-refractivity contribution >= 4 is 33.0 Å². The summed E-state index contributed by atoms with van der Waals surface area (Å²) in [7, 11) is 0. The Morgan fingerprint density at radius 2 is 2.00 bits per heavy atom. The van der Waals surface area contributed by atoms with Gasteiger partial charge in [0, 0.05) is 21.4 Å². The van der Waals surface area contributed by atoms with Gasteiger partial charge in [0.1, 0.15) is 5.82 Å². The number of alkyl halides is 2. The van der Waals surface area contributed by atoms with Gasteiger partial charge in [-0.05, 0) is 12.1 Å². The molecule has 0 N–H and O–H groups in total. The second-order valence-electron chi connectivity index (χ2n) is 2.73. The molecule has 0 atom stereocenters. The van der Waals surface area contributed by atoms with E-state index in [0.29, 0.717) is 0 Å². The molecular formula is C9H4ClF3S. The number of hydrogen-bond acceptors (Lipinski definition) is 1. The van der Waals surface area contributed by atoms with Gasteiger partial charge in [-0.3, -0.25) is 0 Å². The third-order valence-corrected chi connectivity index (χ3v) is 3.21. The van der Waals surface area contributed by atoms with E-state index in [1.54, 1.807) is 0 Å². The highest BCUT2D eigenvalue weighted by atomic mass is 35.5. The number of rotatable bonds is 1. The molecule has 2 rings (SSSR count). The molecule has 1 aromatic heterocycles. The van der Waals surface area contributed by atoms with Gasteiger partial charge in [0.25, 0.3) is 6.43 Å². The van der Waals surface area contributed by atoms with E-state index in [0.717, 1.165) is 11.3 Å². The van der Waals surface area contributed by atoms with Crippen LogP contribution in [-0.4, -0.2) is 0 Å². The normalized spacial score (nSPS) is 11.5. The van der Waals surface area contributed by atoms with Gasteiger partial charge in [-0.15, -0.1) is 11.3 Å². The average molecular weight is 237 g/mol. The Hall–Kier alpha value is -0.740. The van der Waals surface area contributed by atoms with Crippen molar-refractivity contribution in [2.75, 3.05) is 0 Å². The van der Waals surface area contributed by atoms with E-state index in [1.165, 1.54) is 17.5 Å². The van der Waals surface area contributed by atoms with Gasteiger partial charge in [-0.2, -0.15) is 0 Å². The maximum Gasteiger partial charge on any atom is 0.265 e. The van der Waals surface area contributed by atoms with E-state index in [4.69, 9.17) is 11.6 Å². The fourth-order valence-corrected chi connectivity index (χ4v) is 2.57. The minimum absolute atomic E-state index is 0.131. The van der Waals surface area contributed by atoms with Crippen LogP contribution in [0.1, 0.15) is 12.0 Å². The smallest absolute Gasteiger partial charge is 0.205 e. The molecule has 14 heavy (non-hydrogen) atoms. The van der Waals surface area contributed by atoms with Crippen molar-refractivity contribution in [3.05, 3.63) is 33.9 Å². The number of thiophene rings is 1. The molecule has 0 saturated carbocycles. The van der Waals surface area contributed by atoms with Gasteiger partial charge in [0.15, 0.2) is 0 Å². The summed E-state index contributed by atoms with van der Waals surface area (Å²) in [5.41, 5.74) is -0.200. The molecule has 0 bridgehead atoms.